The molecule has 2 aromatic rings. The molecule has 1 unspecified atom stereocenters. The van der Waals surface area contributed by atoms with Gasteiger partial charge in [-0.3, -0.25) is 4.79 Å². The number of amides is 1. The average Bonchev–Trinajstić information content (AvgIpc) is 3.39. The van der Waals surface area contributed by atoms with Crippen molar-refractivity contribution in [3.05, 3.63) is 52.1 Å². The number of anilines is 2. The van der Waals surface area contributed by atoms with E-state index in [4.69, 9.17) is 23.2 Å². The Kier molecular flexibility index (Phi) is 7.26. The maximum absolute atomic E-state index is 13.2. The SMILES string of the molecule is CC1CCN(c2ncccc2C(=O)NS(=O)(=O)N2CC[C@@H](N(C)c3ccc(Cl)cc3Cl)C2)C1(C)C. The molecule has 0 radical (unpaired) electrons. The summed E-state index contributed by atoms with van der Waals surface area (Å²) in [6.45, 7) is 7.68. The van der Waals surface area contributed by atoms with Crippen LogP contribution >= 0.6 is 23.2 Å². The fourth-order valence-corrected chi connectivity index (χ4v) is 6.57. The molecule has 1 aromatic heterocycles. The van der Waals surface area contributed by atoms with E-state index >= 15 is 0 Å². The molecule has 2 saturated heterocycles. The van der Waals surface area contributed by atoms with Crippen molar-refractivity contribution in [2.45, 2.75) is 45.2 Å². The lowest BCUT2D eigenvalue weighted by Gasteiger charge is -2.36. The molecule has 1 amide bonds. The molecule has 1 N–H and O–H groups in total. The molecule has 0 saturated carbocycles. The number of halogens is 2. The largest absolute Gasteiger partial charge is 0.369 e. The molecule has 0 spiro atoms. The topological polar surface area (TPSA) is 85.8 Å². The van der Waals surface area contributed by atoms with E-state index in [-0.39, 0.29) is 23.7 Å². The number of nitrogens with zero attached hydrogens (tertiary/aromatic N) is 4. The molecule has 35 heavy (non-hydrogen) atoms. The number of pyridine rings is 1. The summed E-state index contributed by atoms with van der Waals surface area (Å²) in [5, 5.41) is 1.03. The Morgan fingerprint density at radius 3 is 2.60 bits per heavy atom. The Labute approximate surface area is 217 Å². The van der Waals surface area contributed by atoms with E-state index in [1.807, 2.05) is 18.0 Å². The summed E-state index contributed by atoms with van der Waals surface area (Å²) in [5.41, 5.74) is 0.823. The van der Waals surface area contributed by atoms with Crippen LogP contribution in [0.5, 0.6) is 0 Å². The first-order chi connectivity index (χ1) is 16.4. The van der Waals surface area contributed by atoms with Gasteiger partial charge in [0, 0.05) is 49.5 Å². The zero-order valence-electron chi connectivity index (χ0n) is 20.3. The standard InChI is InChI=1S/C24H31Cl2N5O3S/c1-16-9-13-31(24(16,2)3)22-19(6-5-11-27-22)23(32)28-35(33,34)30-12-10-18(15-30)29(4)21-8-7-17(25)14-20(21)26/h5-8,11,14,16,18H,9-10,12-13,15H2,1-4H3,(H,28,32)/t16?,18-/m1/s1. The van der Waals surface area contributed by atoms with Crippen LogP contribution in [0.15, 0.2) is 36.5 Å². The molecule has 1 aromatic carbocycles. The van der Waals surface area contributed by atoms with Crippen LogP contribution < -0.4 is 14.5 Å². The first-order valence-corrected chi connectivity index (χ1v) is 13.8. The smallest absolute Gasteiger partial charge is 0.304 e. The maximum Gasteiger partial charge on any atom is 0.304 e. The van der Waals surface area contributed by atoms with Gasteiger partial charge in [0.25, 0.3) is 5.91 Å². The van der Waals surface area contributed by atoms with Crippen LogP contribution in [0, 0.1) is 5.92 Å². The zero-order valence-corrected chi connectivity index (χ0v) is 22.7. The van der Waals surface area contributed by atoms with Crippen LogP contribution in [0.2, 0.25) is 10.0 Å². The minimum Gasteiger partial charge on any atom is -0.369 e. The van der Waals surface area contributed by atoms with E-state index in [2.05, 4.69) is 35.4 Å². The van der Waals surface area contributed by atoms with Gasteiger partial charge >= 0.3 is 10.2 Å². The van der Waals surface area contributed by atoms with Crippen molar-refractivity contribution in [3.63, 3.8) is 0 Å². The molecule has 2 atom stereocenters. The predicted molar refractivity (Wildman–Crippen MR) is 141 cm³/mol. The van der Waals surface area contributed by atoms with Gasteiger partial charge < -0.3 is 9.80 Å². The Morgan fingerprint density at radius 1 is 1.20 bits per heavy atom. The number of likely N-dealkylation sites (N-methyl/N-ethyl adjacent to an activating group) is 1. The van der Waals surface area contributed by atoms with E-state index in [1.165, 1.54) is 4.31 Å². The number of aromatic nitrogens is 1. The summed E-state index contributed by atoms with van der Waals surface area (Å²) < 4.78 is 29.9. The molecule has 8 nitrogen and oxygen atoms in total. The average molecular weight is 541 g/mol. The Hall–Kier alpha value is -2.07. The van der Waals surface area contributed by atoms with Crippen LogP contribution in [0.25, 0.3) is 0 Å². The summed E-state index contributed by atoms with van der Waals surface area (Å²) >= 11 is 12.3. The van der Waals surface area contributed by atoms with Gasteiger partial charge in [-0.1, -0.05) is 30.1 Å². The number of carbonyl (C=O) groups is 1. The van der Waals surface area contributed by atoms with E-state index in [1.54, 1.807) is 30.5 Å². The van der Waals surface area contributed by atoms with Gasteiger partial charge in [0.2, 0.25) is 0 Å². The molecule has 11 heteroatoms. The van der Waals surface area contributed by atoms with Gasteiger partial charge in [-0.25, -0.2) is 9.71 Å². The lowest BCUT2D eigenvalue weighted by atomic mass is 9.90. The van der Waals surface area contributed by atoms with Gasteiger partial charge in [0.1, 0.15) is 5.82 Å². The lowest BCUT2D eigenvalue weighted by Crippen LogP contribution is -2.46. The summed E-state index contributed by atoms with van der Waals surface area (Å²) in [5.74, 6) is 0.240. The first kappa shape index (κ1) is 26.0. The second-order valence-corrected chi connectivity index (χ2v) is 12.3. The monoisotopic (exact) mass is 539 g/mol. The Bertz CT molecular complexity index is 1220. The van der Waals surface area contributed by atoms with Crippen molar-refractivity contribution in [3.8, 4) is 0 Å². The molecule has 3 heterocycles. The van der Waals surface area contributed by atoms with Crippen LogP contribution in [-0.4, -0.2) is 61.9 Å². The Morgan fingerprint density at radius 2 is 1.94 bits per heavy atom. The molecule has 2 aliphatic rings. The summed E-state index contributed by atoms with van der Waals surface area (Å²) in [7, 11) is -2.18. The fourth-order valence-electron chi connectivity index (χ4n) is 4.84. The molecular formula is C24H31Cl2N5O3S. The third-order valence-corrected chi connectivity index (χ3v) is 9.49. The number of rotatable bonds is 6. The number of nitrogens with one attached hydrogen (secondary N) is 1. The molecule has 0 bridgehead atoms. The van der Waals surface area contributed by atoms with Crippen LogP contribution in [0.3, 0.4) is 0 Å². The summed E-state index contributed by atoms with van der Waals surface area (Å²) in [6, 6.07) is 8.39. The van der Waals surface area contributed by atoms with Crippen LogP contribution in [-0.2, 0) is 10.2 Å². The predicted octanol–water partition coefficient (Wildman–Crippen LogP) is 4.20. The van der Waals surface area contributed by atoms with Crippen molar-refractivity contribution < 1.29 is 13.2 Å². The summed E-state index contributed by atoms with van der Waals surface area (Å²) in [4.78, 5) is 21.7. The molecular weight excluding hydrogens is 509 g/mol. The molecule has 2 aliphatic heterocycles. The van der Waals surface area contributed by atoms with Gasteiger partial charge in [0.05, 0.1) is 16.3 Å². The number of carbonyl (C=O) groups excluding carboxylic acids is 1. The van der Waals surface area contributed by atoms with Gasteiger partial charge in [-0.2, -0.15) is 12.7 Å². The van der Waals surface area contributed by atoms with Crippen molar-refractivity contribution in [2.24, 2.45) is 5.92 Å². The molecule has 0 aliphatic carbocycles. The highest BCUT2D eigenvalue weighted by Gasteiger charge is 2.41. The van der Waals surface area contributed by atoms with E-state index < -0.39 is 16.1 Å². The van der Waals surface area contributed by atoms with Crippen molar-refractivity contribution in [2.75, 3.05) is 36.5 Å². The first-order valence-electron chi connectivity index (χ1n) is 11.6. The second kappa shape index (κ2) is 9.76. The van der Waals surface area contributed by atoms with Crippen molar-refractivity contribution in [1.82, 2.24) is 14.0 Å². The van der Waals surface area contributed by atoms with Gasteiger partial charge in [-0.15, -0.1) is 0 Å². The van der Waals surface area contributed by atoms with E-state index in [9.17, 15) is 13.2 Å². The number of benzene rings is 1. The van der Waals surface area contributed by atoms with Crippen LogP contribution in [0.1, 0.15) is 44.0 Å². The maximum atomic E-state index is 13.2. The highest BCUT2D eigenvalue weighted by Crippen LogP contribution is 2.38. The highest BCUT2D eigenvalue weighted by atomic mass is 35.5. The third kappa shape index (κ3) is 5.09. The minimum absolute atomic E-state index is 0.0961. The van der Waals surface area contributed by atoms with Gasteiger partial charge in [0.15, 0.2) is 0 Å². The fraction of sp³-hybridized carbons (Fsp3) is 0.500. The van der Waals surface area contributed by atoms with E-state index in [0.29, 0.717) is 34.7 Å². The number of hydrogen-bond acceptors (Lipinski definition) is 6. The van der Waals surface area contributed by atoms with Crippen molar-refractivity contribution in [1.29, 1.82) is 0 Å². The quantitative estimate of drug-likeness (QED) is 0.592. The number of hydrogen-bond donors (Lipinski definition) is 1. The normalized spacial score (nSPS) is 22.4. The second-order valence-electron chi connectivity index (χ2n) is 9.81. The third-order valence-electron chi connectivity index (χ3n) is 7.50. The van der Waals surface area contributed by atoms with E-state index in [0.717, 1.165) is 18.7 Å². The van der Waals surface area contributed by atoms with Crippen LogP contribution in [0.4, 0.5) is 11.5 Å². The minimum atomic E-state index is -4.05. The summed E-state index contributed by atoms with van der Waals surface area (Å²) in [6.07, 6.45) is 3.20. The Balaban J connectivity index is 1.48. The van der Waals surface area contributed by atoms with Gasteiger partial charge in [-0.05, 0) is 62.9 Å². The molecule has 4 rings (SSSR count). The molecule has 2 fully saturated rings. The van der Waals surface area contributed by atoms with Crippen molar-refractivity contribution >= 4 is 50.8 Å². The highest BCUT2D eigenvalue weighted by molar-refractivity contribution is 7.87. The molecule has 190 valence electrons. The lowest BCUT2D eigenvalue weighted by molar-refractivity contribution is 0.0979. The zero-order chi connectivity index (χ0) is 25.5.